The van der Waals surface area contributed by atoms with Gasteiger partial charge in [0.25, 0.3) is 10.0 Å². The largest absolute Gasteiger partial charge is 0.253 e. The molecule has 112 valence electrons. The molecule has 0 radical (unpaired) electrons. The number of nitrogens with zero attached hydrogens (tertiary/aromatic N) is 1. The fraction of sp³-hybridized carbons (Fsp3) is 0.286. The summed E-state index contributed by atoms with van der Waals surface area (Å²) in [5.74, 6) is -0.367. The Morgan fingerprint density at radius 2 is 2.00 bits per heavy atom. The van der Waals surface area contributed by atoms with E-state index in [1.807, 2.05) is 0 Å². The van der Waals surface area contributed by atoms with Gasteiger partial charge in [-0.2, -0.15) is 4.31 Å². The minimum atomic E-state index is -3.63. The van der Waals surface area contributed by atoms with E-state index in [-0.39, 0.29) is 10.0 Å². The molecule has 1 atom stereocenters. The number of benzene rings is 1. The van der Waals surface area contributed by atoms with Crippen molar-refractivity contribution < 1.29 is 12.8 Å². The van der Waals surface area contributed by atoms with Gasteiger partial charge in [0, 0.05) is 12.1 Å². The Morgan fingerprint density at radius 1 is 1.24 bits per heavy atom. The van der Waals surface area contributed by atoms with Crippen LogP contribution in [0.2, 0.25) is 4.34 Å². The van der Waals surface area contributed by atoms with Crippen LogP contribution in [-0.2, 0) is 10.0 Å². The van der Waals surface area contributed by atoms with Crippen molar-refractivity contribution in [1.29, 1.82) is 0 Å². The van der Waals surface area contributed by atoms with Gasteiger partial charge in [0.15, 0.2) is 0 Å². The van der Waals surface area contributed by atoms with Gasteiger partial charge < -0.3 is 0 Å². The fourth-order valence-electron chi connectivity index (χ4n) is 2.64. The van der Waals surface area contributed by atoms with Gasteiger partial charge in [0.1, 0.15) is 10.0 Å². The molecule has 21 heavy (non-hydrogen) atoms. The molecular formula is C14H13ClFNO2S2. The Balaban J connectivity index is 2.00. The van der Waals surface area contributed by atoms with Gasteiger partial charge in [-0.1, -0.05) is 29.8 Å². The molecule has 0 amide bonds. The zero-order valence-corrected chi connectivity index (χ0v) is 13.4. The van der Waals surface area contributed by atoms with Crippen molar-refractivity contribution in [3.05, 3.63) is 52.1 Å². The highest BCUT2D eigenvalue weighted by atomic mass is 35.5. The zero-order chi connectivity index (χ0) is 15.0. The lowest BCUT2D eigenvalue weighted by Gasteiger charge is -2.24. The third-order valence-electron chi connectivity index (χ3n) is 3.58. The summed E-state index contributed by atoms with van der Waals surface area (Å²) in [5.41, 5.74) is 0.432. The second kappa shape index (κ2) is 5.68. The van der Waals surface area contributed by atoms with Crippen molar-refractivity contribution in [3.63, 3.8) is 0 Å². The normalized spacial score (nSPS) is 20.0. The number of sulfonamides is 1. The standard InChI is InChI=1S/C14H13ClFNO2S2/c15-13-7-8-14(20-13)21(18,19)17-9-3-6-12(17)10-4-1-2-5-11(10)16/h1-2,4-5,7-8,12H,3,6,9H2. The number of hydrogen-bond donors (Lipinski definition) is 0. The second-order valence-electron chi connectivity index (χ2n) is 4.85. The third-order valence-corrected chi connectivity index (χ3v) is 7.19. The summed E-state index contributed by atoms with van der Waals surface area (Å²) in [6.07, 6.45) is 1.34. The van der Waals surface area contributed by atoms with Crippen molar-refractivity contribution in [2.24, 2.45) is 0 Å². The molecule has 1 saturated heterocycles. The van der Waals surface area contributed by atoms with Crippen LogP contribution in [0.1, 0.15) is 24.4 Å². The first-order chi connectivity index (χ1) is 10.00. The maximum absolute atomic E-state index is 14.0. The molecule has 2 heterocycles. The smallest absolute Gasteiger partial charge is 0.207 e. The fourth-order valence-corrected chi connectivity index (χ4v) is 5.92. The molecular weight excluding hydrogens is 333 g/mol. The molecule has 3 rings (SSSR count). The summed E-state index contributed by atoms with van der Waals surface area (Å²) in [4.78, 5) is 0. The molecule has 1 unspecified atom stereocenters. The van der Waals surface area contributed by atoms with Crippen molar-refractivity contribution in [2.45, 2.75) is 23.1 Å². The number of halogens is 2. The summed E-state index contributed by atoms with van der Waals surface area (Å²) in [5, 5.41) is 0. The number of thiophene rings is 1. The van der Waals surface area contributed by atoms with E-state index in [0.717, 1.165) is 17.8 Å². The Labute approximate surface area is 132 Å². The Morgan fingerprint density at radius 3 is 2.67 bits per heavy atom. The minimum Gasteiger partial charge on any atom is -0.207 e. The topological polar surface area (TPSA) is 37.4 Å². The molecule has 0 N–H and O–H groups in total. The molecule has 1 aromatic carbocycles. The maximum atomic E-state index is 14.0. The first-order valence-electron chi connectivity index (χ1n) is 6.52. The first kappa shape index (κ1) is 15.0. The highest BCUT2D eigenvalue weighted by molar-refractivity contribution is 7.91. The van der Waals surface area contributed by atoms with Crippen LogP contribution in [0.25, 0.3) is 0 Å². The lowest BCUT2D eigenvalue weighted by atomic mass is 10.1. The average Bonchev–Trinajstić information content (AvgIpc) is 3.08. The Hall–Kier alpha value is -0.950. The highest BCUT2D eigenvalue weighted by Gasteiger charge is 2.37. The van der Waals surface area contributed by atoms with Crippen molar-refractivity contribution >= 4 is 33.0 Å². The van der Waals surface area contributed by atoms with Crippen LogP contribution in [0.5, 0.6) is 0 Å². The minimum absolute atomic E-state index is 0.204. The summed E-state index contributed by atoms with van der Waals surface area (Å²) < 4.78 is 41.4. The predicted octanol–water partition coefficient (Wildman–Crippen LogP) is 4.07. The number of hydrogen-bond acceptors (Lipinski definition) is 3. The Bertz CT molecular complexity index is 760. The van der Waals surface area contributed by atoms with Gasteiger partial charge in [-0.05, 0) is 31.0 Å². The van der Waals surface area contributed by atoms with Gasteiger partial charge in [-0.25, -0.2) is 12.8 Å². The van der Waals surface area contributed by atoms with Crippen LogP contribution >= 0.6 is 22.9 Å². The molecule has 3 nitrogen and oxygen atoms in total. The van der Waals surface area contributed by atoms with Gasteiger partial charge in [0.2, 0.25) is 0 Å². The van der Waals surface area contributed by atoms with E-state index in [4.69, 9.17) is 11.6 Å². The van der Waals surface area contributed by atoms with E-state index in [1.54, 1.807) is 24.3 Å². The van der Waals surface area contributed by atoms with Crippen LogP contribution in [0.3, 0.4) is 0 Å². The van der Waals surface area contributed by atoms with Crippen LogP contribution in [0.15, 0.2) is 40.6 Å². The maximum Gasteiger partial charge on any atom is 0.253 e. The van der Waals surface area contributed by atoms with Crippen LogP contribution < -0.4 is 0 Å². The van der Waals surface area contributed by atoms with Crippen LogP contribution in [0.4, 0.5) is 4.39 Å². The summed E-state index contributed by atoms with van der Waals surface area (Å²) in [7, 11) is -3.63. The lowest BCUT2D eigenvalue weighted by Crippen LogP contribution is -2.30. The molecule has 0 spiro atoms. The van der Waals surface area contributed by atoms with Gasteiger partial charge in [0.05, 0.1) is 10.4 Å². The molecule has 1 fully saturated rings. The summed E-state index contributed by atoms with van der Waals surface area (Å²) in [6, 6.07) is 8.95. The van der Waals surface area contributed by atoms with Gasteiger partial charge >= 0.3 is 0 Å². The molecule has 1 aliphatic heterocycles. The predicted molar refractivity (Wildman–Crippen MR) is 81.6 cm³/mol. The van der Waals surface area contributed by atoms with Crippen molar-refractivity contribution in [3.8, 4) is 0 Å². The first-order valence-corrected chi connectivity index (χ1v) is 9.15. The van der Waals surface area contributed by atoms with Gasteiger partial charge in [-0.3, -0.25) is 0 Å². The lowest BCUT2D eigenvalue weighted by molar-refractivity contribution is 0.387. The molecule has 2 aromatic rings. The molecule has 0 bridgehead atoms. The zero-order valence-electron chi connectivity index (χ0n) is 11.0. The molecule has 0 aliphatic carbocycles. The molecule has 1 aromatic heterocycles. The highest BCUT2D eigenvalue weighted by Crippen LogP contribution is 2.39. The molecule has 0 saturated carbocycles. The molecule has 1 aliphatic rings. The number of rotatable bonds is 3. The SMILES string of the molecule is O=S(=O)(c1ccc(Cl)s1)N1CCCC1c1ccccc1F. The van der Waals surface area contributed by atoms with E-state index >= 15 is 0 Å². The second-order valence-corrected chi connectivity index (χ2v) is 8.69. The van der Waals surface area contributed by atoms with Gasteiger partial charge in [-0.15, -0.1) is 11.3 Å². The summed E-state index contributed by atoms with van der Waals surface area (Å²) >= 11 is 6.85. The van der Waals surface area contributed by atoms with E-state index in [1.165, 1.54) is 16.4 Å². The monoisotopic (exact) mass is 345 g/mol. The van der Waals surface area contributed by atoms with Crippen LogP contribution in [0, 0.1) is 5.82 Å². The van der Waals surface area contributed by atoms with Crippen molar-refractivity contribution in [1.82, 2.24) is 4.31 Å². The van der Waals surface area contributed by atoms with E-state index in [2.05, 4.69) is 0 Å². The van der Waals surface area contributed by atoms with E-state index in [9.17, 15) is 12.8 Å². The third kappa shape index (κ3) is 2.73. The quantitative estimate of drug-likeness (QED) is 0.841. The summed E-state index contributed by atoms with van der Waals surface area (Å²) in [6.45, 7) is 0.400. The van der Waals surface area contributed by atoms with E-state index < -0.39 is 16.1 Å². The van der Waals surface area contributed by atoms with E-state index in [0.29, 0.717) is 22.9 Å². The van der Waals surface area contributed by atoms with Crippen molar-refractivity contribution in [2.75, 3.05) is 6.54 Å². The van der Waals surface area contributed by atoms with Crippen LogP contribution in [-0.4, -0.2) is 19.3 Å². The average molecular weight is 346 g/mol. The Kier molecular flexibility index (Phi) is 4.05. The molecule has 7 heteroatoms.